The Labute approximate surface area is 323 Å². The van der Waals surface area contributed by atoms with Gasteiger partial charge in [0.15, 0.2) is 6.10 Å². The third kappa shape index (κ3) is 39.6. The van der Waals surface area contributed by atoms with E-state index in [4.69, 9.17) is 14.2 Å². The van der Waals surface area contributed by atoms with Crippen molar-refractivity contribution in [3.63, 3.8) is 0 Å². The van der Waals surface area contributed by atoms with Crippen LogP contribution in [0.5, 0.6) is 0 Å². The van der Waals surface area contributed by atoms with Gasteiger partial charge < -0.3 is 14.2 Å². The molecule has 0 aromatic heterocycles. The van der Waals surface area contributed by atoms with Gasteiger partial charge in [-0.3, -0.25) is 14.4 Å². The number of ether oxygens (including phenoxy) is 3. The van der Waals surface area contributed by atoms with Crippen molar-refractivity contribution < 1.29 is 28.6 Å². The molecular weight excluding hydrogens is 648 g/mol. The predicted molar refractivity (Wildman–Crippen MR) is 220 cm³/mol. The van der Waals surface area contributed by atoms with Gasteiger partial charge in [0, 0.05) is 19.3 Å². The van der Waals surface area contributed by atoms with Crippen molar-refractivity contribution >= 4 is 17.9 Å². The van der Waals surface area contributed by atoms with Crippen LogP contribution in [0.4, 0.5) is 0 Å². The summed E-state index contributed by atoms with van der Waals surface area (Å²) in [5, 5.41) is 0. The Bertz CT molecular complexity index is 768. The van der Waals surface area contributed by atoms with Gasteiger partial charge in [0.2, 0.25) is 0 Å². The van der Waals surface area contributed by atoms with Gasteiger partial charge in [-0.1, -0.05) is 220 Å². The van der Waals surface area contributed by atoms with Crippen LogP contribution >= 0.6 is 0 Å². The highest BCUT2D eigenvalue weighted by atomic mass is 16.6. The van der Waals surface area contributed by atoms with Crippen molar-refractivity contribution in [3.8, 4) is 0 Å². The molecule has 0 aromatic rings. The Hall–Kier alpha value is -1.59. The first-order valence-electron chi connectivity index (χ1n) is 23.0. The first kappa shape index (κ1) is 50.4. The van der Waals surface area contributed by atoms with E-state index in [1.54, 1.807) is 0 Å². The lowest BCUT2D eigenvalue weighted by atomic mass is 10.0. The molecular formula is C46H88O6. The molecule has 0 spiro atoms. The minimum Gasteiger partial charge on any atom is -0.462 e. The average molecular weight is 737 g/mol. The summed E-state index contributed by atoms with van der Waals surface area (Å²) >= 11 is 0. The van der Waals surface area contributed by atoms with Gasteiger partial charge >= 0.3 is 17.9 Å². The standard InChI is InChI=1S/C46H88O6/c1-4-7-10-13-16-19-21-23-25-28-30-33-36-39-45(48)51-42-43(52-46(49)40-37-34-31-26-18-15-12-9-6-3)41-50-44(47)38-35-32-29-27-24-22-20-17-14-11-8-5-2/h43H,4-42H2,1-3H3/t43-/m1/s1. The van der Waals surface area contributed by atoms with Crippen molar-refractivity contribution in [2.24, 2.45) is 0 Å². The summed E-state index contributed by atoms with van der Waals surface area (Å²) < 4.78 is 16.7. The lowest BCUT2D eigenvalue weighted by molar-refractivity contribution is -0.167. The Morgan fingerprint density at radius 3 is 0.769 bits per heavy atom. The molecule has 1 atom stereocenters. The average Bonchev–Trinajstić information content (AvgIpc) is 3.14. The van der Waals surface area contributed by atoms with E-state index in [1.807, 2.05) is 0 Å². The van der Waals surface area contributed by atoms with E-state index in [0.717, 1.165) is 57.8 Å². The molecule has 0 rings (SSSR count). The maximum absolute atomic E-state index is 12.7. The van der Waals surface area contributed by atoms with Gasteiger partial charge in [0.25, 0.3) is 0 Å². The SMILES string of the molecule is CCCCCCCCCCCCCCCC(=O)OC[C@@H](COC(=O)CCCCCCCCCCCCCC)OC(=O)CCCCCCCCCCC. The van der Waals surface area contributed by atoms with Crippen molar-refractivity contribution in [1.82, 2.24) is 0 Å². The molecule has 0 fully saturated rings. The molecule has 0 aromatic carbocycles. The van der Waals surface area contributed by atoms with Crippen LogP contribution in [0, 0.1) is 0 Å². The van der Waals surface area contributed by atoms with Gasteiger partial charge in [0.05, 0.1) is 0 Å². The second-order valence-corrected chi connectivity index (χ2v) is 15.7. The summed E-state index contributed by atoms with van der Waals surface area (Å²) in [6.45, 7) is 6.63. The van der Waals surface area contributed by atoms with Crippen LogP contribution in [0.25, 0.3) is 0 Å². The minimum atomic E-state index is -0.757. The van der Waals surface area contributed by atoms with Gasteiger partial charge in [-0.05, 0) is 19.3 Å². The molecule has 0 bridgehead atoms. The molecule has 0 aliphatic heterocycles. The van der Waals surface area contributed by atoms with Crippen molar-refractivity contribution in [3.05, 3.63) is 0 Å². The monoisotopic (exact) mass is 737 g/mol. The number of unbranched alkanes of at least 4 members (excludes halogenated alkanes) is 31. The summed E-state index contributed by atoms with van der Waals surface area (Å²) in [4.78, 5) is 37.6. The van der Waals surface area contributed by atoms with Crippen molar-refractivity contribution in [2.75, 3.05) is 13.2 Å². The second kappa shape index (κ2) is 42.2. The number of rotatable bonds is 42. The Balaban J connectivity index is 4.29. The molecule has 0 aliphatic carbocycles. The zero-order chi connectivity index (χ0) is 38.0. The zero-order valence-electron chi connectivity index (χ0n) is 35.1. The number of hydrogen-bond donors (Lipinski definition) is 0. The van der Waals surface area contributed by atoms with E-state index in [1.165, 1.54) is 161 Å². The molecule has 0 N–H and O–H groups in total. The molecule has 0 aliphatic rings. The summed E-state index contributed by atoms with van der Waals surface area (Å²) in [5.41, 5.74) is 0. The highest BCUT2D eigenvalue weighted by Gasteiger charge is 2.19. The van der Waals surface area contributed by atoms with E-state index in [-0.39, 0.29) is 31.1 Å². The molecule has 0 unspecified atom stereocenters. The molecule has 308 valence electrons. The maximum Gasteiger partial charge on any atom is 0.306 e. The van der Waals surface area contributed by atoms with E-state index in [2.05, 4.69) is 20.8 Å². The largest absolute Gasteiger partial charge is 0.462 e. The normalized spacial score (nSPS) is 11.8. The van der Waals surface area contributed by atoms with Crippen LogP contribution in [0.3, 0.4) is 0 Å². The molecule has 52 heavy (non-hydrogen) atoms. The number of carbonyl (C=O) groups is 3. The third-order valence-corrected chi connectivity index (χ3v) is 10.4. The third-order valence-electron chi connectivity index (χ3n) is 10.4. The molecule has 0 amide bonds. The molecule has 0 saturated carbocycles. The lowest BCUT2D eigenvalue weighted by Crippen LogP contribution is -2.30. The lowest BCUT2D eigenvalue weighted by Gasteiger charge is -2.18. The predicted octanol–water partition coefficient (Wildman–Crippen LogP) is 14.5. The van der Waals surface area contributed by atoms with E-state index in [0.29, 0.717) is 19.3 Å². The smallest absolute Gasteiger partial charge is 0.306 e. The number of hydrogen-bond acceptors (Lipinski definition) is 6. The van der Waals surface area contributed by atoms with Gasteiger partial charge in [0.1, 0.15) is 13.2 Å². The van der Waals surface area contributed by atoms with E-state index < -0.39 is 6.10 Å². The zero-order valence-corrected chi connectivity index (χ0v) is 35.1. The fraction of sp³-hybridized carbons (Fsp3) is 0.935. The summed E-state index contributed by atoms with van der Waals surface area (Å²) in [6.07, 6.45) is 42.2. The number of esters is 3. The van der Waals surface area contributed by atoms with Gasteiger partial charge in [-0.25, -0.2) is 0 Å². The maximum atomic E-state index is 12.7. The Morgan fingerprint density at radius 2 is 0.519 bits per heavy atom. The molecule has 0 radical (unpaired) electrons. The fourth-order valence-corrected chi connectivity index (χ4v) is 6.85. The van der Waals surface area contributed by atoms with Crippen molar-refractivity contribution in [1.29, 1.82) is 0 Å². The minimum absolute atomic E-state index is 0.0628. The van der Waals surface area contributed by atoms with Crippen LogP contribution in [-0.2, 0) is 28.6 Å². The number of carbonyl (C=O) groups excluding carboxylic acids is 3. The first-order chi connectivity index (χ1) is 25.5. The Morgan fingerprint density at radius 1 is 0.308 bits per heavy atom. The molecule has 0 saturated heterocycles. The van der Waals surface area contributed by atoms with Gasteiger partial charge in [-0.15, -0.1) is 0 Å². The van der Waals surface area contributed by atoms with Crippen molar-refractivity contribution in [2.45, 2.75) is 264 Å². The highest BCUT2D eigenvalue weighted by Crippen LogP contribution is 2.16. The molecule has 0 heterocycles. The molecule has 6 heteroatoms. The van der Waals surface area contributed by atoms with Gasteiger partial charge in [-0.2, -0.15) is 0 Å². The van der Waals surface area contributed by atoms with Crippen LogP contribution in [0.2, 0.25) is 0 Å². The summed E-state index contributed by atoms with van der Waals surface area (Å²) in [7, 11) is 0. The Kier molecular flexibility index (Phi) is 40.9. The highest BCUT2D eigenvalue weighted by molar-refractivity contribution is 5.71. The summed E-state index contributed by atoms with van der Waals surface area (Å²) in [5.74, 6) is -0.853. The van der Waals surface area contributed by atoms with E-state index in [9.17, 15) is 14.4 Å². The summed E-state index contributed by atoms with van der Waals surface area (Å²) in [6, 6.07) is 0. The van der Waals surface area contributed by atoms with Crippen LogP contribution in [0.1, 0.15) is 258 Å². The fourth-order valence-electron chi connectivity index (χ4n) is 6.85. The topological polar surface area (TPSA) is 78.9 Å². The second-order valence-electron chi connectivity index (χ2n) is 15.7. The molecule has 6 nitrogen and oxygen atoms in total. The van der Waals surface area contributed by atoms with Crippen LogP contribution < -0.4 is 0 Å². The quantitative estimate of drug-likeness (QED) is 0.0353. The first-order valence-corrected chi connectivity index (χ1v) is 23.0. The van der Waals surface area contributed by atoms with E-state index >= 15 is 0 Å². The van der Waals surface area contributed by atoms with Crippen LogP contribution in [-0.4, -0.2) is 37.2 Å². The van der Waals surface area contributed by atoms with Crippen LogP contribution in [0.15, 0.2) is 0 Å².